The van der Waals surface area contributed by atoms with E-state index in [1.54, 1.807) is 0 Å². The molecule has 0 amide bonds. The van der Waals surface area contributed by atoms with Gasteiger partial charge in [-0.05, 0) is 11.6 Å². The van der Waals surface area contributed by atoms with Gasteiger partial charge in [0, 0.05) is 36.7 Å². The second-order valence-electron chi connectivity index (χ2n) is 6.26. The van der Waals surface area contributed by atoms with Crippen LogP contribution in [0.2, 0.25) is 0 Å². The van der Waals surface area contributed by atoms with Gasteiger partial charge in [-0.1, -0.05) is 30.3 Å². The van der Waals surface area contributed by atoms with Crippen LogP contribution in [0.4, 0.5) is 0 Å². The van der Waals surface area contributed by atoms with E-state index in [0.717, 1.165) is 37.3 Å². The summed E-state index contributed by atoms with van der Waals surface area (Å²) in [6, 6.07) is 9.63. The molecule has 0 bridgehead atoms. The van der Waals surface area contributed by atoms with Gasteiger partial charge in [-0.2, -0.15) is 0 Å². The lowest BCUT2D eigenvalue weighted by Crippen LogP contribution is -2.54. The summed E-state index contributed by atoms with van der Waals surface area (Å²) in [6.07, 6.45) is 2.09. The van der Waals surface area contributed by atoms with Gasteiger partial charge in [0.15, 0.2) is 0 Å². The Morgan fingerprint density at radius 2 is 1.56 bits per heavy atom. The van der Waals surface area contributed by atoms with Crippen LogP contribution >= 0.6 is 0 Å². The third-order valence-corrected chi connectivity index (χ3v) is 4.63. The molecule has 2 fully saturated rings. The van der Waals surface area contributed by atoms with Crippen LogP contribution in [0.5, 0.6) is 0 Å². The van der Waals surface area contributed by atoms with Crippen LogP contribution in [0.3, 0.4) is 0 Å². The van der Waals surface area contributed by atoms with Crippen molar-refractivity contribution < 1.29 is 14.4 Å². The number of rotatable bonds is 6. The van der Waals surface area contributed by atoms with Crippen molar-refractivity contribution in [3.63, 3.8) is 0 Å². The van der Waals surface area contributed by atoms with E-state index in [-0.39, 0.29) is 17.6 Å². The van der Waals surface area contributed by atoms with Crippen LogP contribution in [0.1, 0.15) is 5.56 Å². The highest BCUT2D eigenvalue weighted by Gasteiger charge is 2.27. The lowest BCUT2D eigenvalue weighted by atomic mass is 10.0. The van der Waals surface area contributed by atoms with Gasteiger partial charge in [0.25, 0.3) is 0 Å². The molecule has 136 valence electrons. The van der Waals surface area contributed by atoms with Crippen LogP contribution in [-0.4, -0.2) is 80.0 Å². The Labute approximate surface area is 148 Å². The first-order valence-electron chi connectivity index (χ1n) is 8.75. The minimum absolute atomic E-state index is 0.0305. The largest absolute Gasteiger partial charge is 0.379 e. The Morgan fingerprint density at radius 1 is 1.04 bits per heavy atom. The minimum atomic E-state index is -0.255. The molecule has 2 aliphatic heterocycles. The van der Waals surface area contributed by atoms with Gasteiger partial charge in [0.2, 0.25) is 6.54 Å². The van der Waals surface area contributed by atoms with Crippen molar-refractivity contribution in [2.24, 2.45) is 0 Å². The Bertz CT molecular complexity index is 563. The van der Waals surface area contributed by atoms with E-state index >= 15 is 0 Å². The summed E-state index contributed by atoms with van der Waals surface area (Å²) in [5, 5.41) is 11.2. The third-order valence-electron chi connectivity index (χ3n) is 4.63. The summed E-state index contributed by atoms with van der Waals surface area (Å²) >= 11 is 0. The van der Waals surface area contributed by atoms with Crippen LogP contribution in [0.15, 0.2) is 36.4 Å². The van der Waals surface area contributed by atoms with E-state index < -0.39 is 0 Å². The first-order valence-corrected chi connectivity index (χ1v) is 8.75. The summed E-state index contributed by atoms with van der Waals surface area (Å²) in [4.78, 5) is 15.6. The topological polar surface area (TPSA) is 68.1 Å². The number of nitrogens with zero attached hydrogens (tertiary/aromatic N) is 3. The molecule has 0 aliphatic carbocycles. The van der Waals surface area contributed by atoms with Gasteiger partial charge in [-0.25, -0.2) is 0 Å². The van der Waals surface area contributed by atoms with Crippen molar-refractivity contribution in [1.29, 1.82) is 0 Å². The molecule has 0 atom stereocenters. The molecule has 25 heavy (non-hydrogen) atoms. The van der Waals surface area contributed by atoms with Crippen molar-refractivity contribution in [2.75, 3.05) is 59.2 Å². The predicted octanol–water partition coefficient (Wildman–Crippen LogP) is 1.34. The lowest BCUT2D eigenvalue weighted by Gasteiger charge is -2.41. The number of hydrogen-bond acceptors (Lipinski definition) is 6. The van der Waals surface area contributed by atoms with E-state index in [2.05, 4.69) is 15.9 Å². The van der Waals surface area contributed by atoms with Crippen molar-refractivity contribution in [1.82, 2.24) is 9.80 Å². The van der Waals surface area contributed by atoms with Gasteiger partial charge >= 0.3 is 0 Å². The quantitative estimate of drug-likeness (QED) is 0.571. The van der Waals surface area contributed by atoms with Crippen molar-refractivity contribution >= 4 is 5.57 Å². The molecule has 7 heteroatoms. The Hall–Kier alpha value is -1.80. The Kier molecular flexibility index (Phi) is 6.52. The molecule has 0 radical (unpaired) electrons. The number of nitro groups is 1. The number of ether oxygens (including phenoxy) is 2. The van der Waals surface area contributed by atoms with Gasteiger partial charge in [-0.15, -0.1) is 0 Å². The second-order valence-corrected chi connectivity index (χ2v) is 6.26. The molecule has 1 aromatic rings. The SMILES string of the molecule is O=[N+]([O-])C/C(=C\C(N1CCOCC1)N1CCOCC1)c1ccccc1. The van der Waals surface area contributed by atoms with Crippen LogP contribution in [-0.2, 0) is 9.47 Å². The minimum Gasteiger partial charge on any atom is -0.379 e. The van der Waals surface area contributed by atoms with E-state index in [1.165, 1.54) is 0 Å². The van der Waals surface area contributed by atoms with Gasteiger partial charge in [0.05, 0.1) is 32.6 Å². The summed E-state index contributed by atoms with van der Waals surface area (Å²) < 4.78 is 11.0. The van der Waals surface area contributed by atoms with E-state index in [0.29, 0.717) is 26.4 Å². The Balaban J connectivity index is 1.90. The molecule has 1 aromatic carbocycles. The molecule has 3 rings (SSSR count). The summed E-state index contributed by atoms with van der Waals surface area (Å²) in [7, 11) is 0. The molecule has 0 aromatic heterocycles. The smallest absolute Gasteiger partial charge is 0.229 e. The van der Waals surface area contributed by atoms with E-state index in [1.807, 2.05) is 30.3 Å². The molecular formula is C18H25N3O4. The fraction of sp³-hybridized carbons (Fsp3) is 0.556. The molecule has 0 unspecified atom stereocenters. The van der Waals surface area contributed by atoms with Crippen LogP contribution in [0, 0.1) is 10.1 Å². The lowest BCUT2D eigenvalue weighted by molar-refractivity contribution is -0.465. The zero-order valence-corrected chi connectivity index (χ0v) is 14.4. The molecule has 2 aliphatic rings. The standard InChI is InChI=1S/C18H25N3O4/c22-21(23)15-17(16-4-2-1-3-5-16)14-18(19-6-10-24-11-7-19)20-8-12-25-13-9-20/h1-5,14,18H,6-13,15H2/b17-14+. The van der Waals surface area contributed by atoms with Crippen molar-refractivity contribution in [3.05, 3.63) is 52.1 Å². The maximum Gasteiger partial charge on any atom is 0.229 e. The first-order chi connectivity index (χ1) is 12.2. The predicted molar refractivity (Wildman–Crippen MR) is 94.9 cm³/mol. The molecule has 2 heterocycles. The van der Waals surface area contributed by atoms with Gasteiger partial charge in [-0.3, -0.25) is 19.9 Å². The summed E-state index contributed by atoms with van der Waals surface area (Å²) in [5.74, 6) is 0. The summed E-state index contributed by atoms with van der Waals surface area (Å²) in [6.45, 7) is 5.95. The Morgan fingerprint density at radius 3 is 2.04 bits per heavy atom. The average molecular weight is 347 g/mol. The molecule has 2 saturated heterocycles. The maximum absolute atomic E-state index is 11.2. The highest BCUT2D eigenvalue weighted by Crippen LogP contribution is 2.20. The highest BCUT2D eigenvalue weighted by atomic mass is 16.6. The zero-order chi connectivity index (χ0) is 17.5. The fourth-order valence-electron chi connectivity index (χ4n) is 3.34. The number of benzene rings is 1. The number of morpholine rings is 2. The highest BCUT2D eigenvalue weighted by molar-refractivity contribution is 5.66. The fourth-order valence-corrected chi connectivity index (χ4v) is 3.34. The summed E-state index contributed by atoms with van der Waals surface area (Å²) in [5.41, 5.74) is 1.67. The molecular weight excluding hydrogens is 322 g/mol. The second kappa shape index (κ2) is 9.05. The molecule has 0 saturated carbocycles. The van der Waals surface area contributed by atoms with Crippen molar-refractivity contribution in [3.8, 4) is 0 Å². The zero-order valence-electron chi connectivity index (χ0n) is 14.4. The van der Waals surface area contributed by atoms with E-state index in [4.69, 9.17) is 9.47 Å². The van der Waals surface area contributed by atoms with Gasteiger partial charge in [0.1, 0.15) is 0 Å². The van der Waals surface area contributed by atoms with Gasteiger partial charge < -0.3 is 9.47 Å². The third kappa shape index (κ3) is 5.09. The van der Waals surface area contributed by atoms with Crippen LogP contribution < -0.4 is 0 Å². The maximum atomic E-state index is 11.2. The molecule has 7 nitrogen and oxygen atoms in total. The normalized spacial score (nSPS) is 20.8. The van der Waals surface area contributed by atoms with Crippen molar-refractivity contribution in [2.45, 2.75) is 6.17 Å². The molecule has 0 N–H and O–H groups in total. The van der Waals surface area contributed by atoms with Crippen LogP contribution in [0.25, 0.3) is 5.57 Å². The average Bonchev–Trinajstić information content (AvgIpc) is 2.67. The van der Waals surface area contributed by atoms with E-state index in [9.17, 15) is 10.1 Å². The number of hydrogen-bond donors (Lipinski definition) is 0. The molecule has 0 spiro atoms. The monoisotopic (exact) mass is 347 g/mol. The first kappa shape index (κ1) is 18.0.